The number of hydrogen-bond acceptors (Lipinski definition) is 5. The molecule has 158 valence electrons. The van der Waals surface area contributed by atoms with Gasteiger partial charge < -0.3 is 10.1 Å². The first-order chi connectivity index (χ1) is 14.9. The van der Waals surface area contributed by atoms with Crippen molar-refractivity contribution < 1.29 is 23.1 Å². The van der Waals surface area contributed by atoms with E-state index >= 15 is 0 Å². The summed E-state index contributed by atoms with van der Waals surface area (Å²) in [6, 6.07) is 9.72. The van der Waals surface area contributed by atoms with Crippen molar-refractivity contribution in [2.75, 3.05) is 11.9 Å². The number of carbonyl (C=O) groups is 2. The van der Waals surface area contributed by atoms with Crippen LogP contribution in [-0.2, 0) is 20.9 Å². The van der Waals surface area contributed by atoms with Crippen LogP contribution < -0.4 is 20.1 Å². The molecule has 6 nitrogen and oxygen atoms in total. The molecule has 0 saturated carbocycles. The third-order valence-corrected chi connectivity index (χ3v) is 5.76. The molecule has 1 aliphatic heterocycles. The molecule has 9 heteroatoms. The molecule has 3 aromatic rings. The number of halogens is 2. The highest BCUT2D eigenvalue weighted by Gasteiger charge is 2.28. The van der Waals surface area contributed by atoms with Crippen LogP contribution in [0.25, 0.3) is 11.6 Å². The lowest BCUT2D eigenvalue weighted by Crippen LogP contribution is -2.36. The van der Waals surface area contributed by atoms with E-state index in [0.717, 1.165) is 15.9 Å². The van der Waals surface area contributed by atoms with E-state index in [2.05, 4.69) is 5.32 Å². The summed E-state index contributed by atoms with van der Waals surface area (Å²) in [6.45, 7) is 1.31. The summed E-state index contributed by atoms with van der Waals surface area (Å²) in [6.07, 6.45) is 1.35. The van der Waals surface area contributed by atoms with Crippen molar-refractivity contribution in [3.63, 3.8) is 0 Å². The van der Waals surface area contributed by atoms with Crippen molar-refractivity contribution in [1.82, 2.24) is 4.57 Å². The molecule has 0 saturated heterocycles. The Hall–Kier alpha value is -3.59. The molecule has 2 aromatic carbocycles. The molecule has 0 atom stereocenters. The predicted molar refractivity (Wildman–Crippen MR) is 112 cm³/mol. The fourth-order valence-corrected chi connectivity index (χ4v) is 4.42. The number of benzene rings is 2. The average molecular weight is 442 g/mol. The van der Waals surface area contributed by atoms with Crippen LogP contribution in [0, 0.1) is 11.6 Å². The first-order valence-corrected chi connectivity index (χ1v) is 10.2. The van der Waals surface area contributed by atoms with E-state index in [-0.39, 0.29) is 32.5 Å². The van der Waals surface area contributed by atoms with E-state index in [1.165, 1.54) is 42.5 Å². The highest BCUT2D eigenvalue weighted by molar-refractivity contribution is 7.07. The van der Waals surface area contributed by atoms with Crippen LogP contribution >= 0.6 is 11.3 Å². The van der Waals surface area contributed by atoms with Crippen LogP contribution in [-0.4, -0.2) is 23.1 Å². The molecule has 1 N–H and O–H groups in total. The second-order valence-corrected chi connectivity index (χ2v) is 7.68. The Labute approximate surface area is 178 Å². The number of rotatable bonds is 4. The molecule has 31 heavy (non-hydrogen) atoms. The predicted octanol–water partition coefficient (Wildman–Crippen LogP) is 1.73. The van der Waals surface area contributed by atoms with Crippen molar-refractivity contribution >= 4 is 40.5 Å². The quantitative estimate of drug-likeness (QED) is 0.625. The van der Waals surface area contributed by atoms with Crippen molar-refractivity contribution in [2.24, 2.45) is 0 Å². The average Bonchev–Trinajstić information content (AvgIpc) is 3.20. The monoisotopic (exact) mass is 442 g/mol. The van der Waals surface area contributed by atoms with E-state index in [4.69, 9.17) is 4.74 Å². The molecule has 4 rings (SSSR count). The zero-order valence-corrected chi connectivity index (χ0v) is 17.1. The number of carbonyl (C=O) groups excluding carboxylic acids is 2. The number of nitrogens with one attached hydrogen (secondary N) is 1. The Bertz CT molecular complexity index is 1390. The lowest BCUT2D eigenvalue weighted by molar-refractivity contribution is -0.143. The van der Waals surface area contributed by atoms with Crippen molar-refractivity contribution in [2.45, 2.75) is 13.5 Å². The summed E-state index contributed by atoms with van der Waals surface area (Å²) in [5.41, 5.74) is 0.337. The molecular formula is C22H16F2N2O4S. The van der Waals surface area contributed by atoms with Gasteiger partial charge in [0.1, 0.15) is 22.8 Å². The third kappa shape index (κ3) is 3.91. The molecule has 0 fully saturated rings. The number of aromatic nitrogens is 1. The van der Waals surface area contributed by atoms with Crippen molar-refractivity contribution in [3.8, 4) is 0 Å². The van der Waals surface area contributed by atoms with Gasteiger partial charge in [0.05, 0.1) is 16.7 Å². The van der Waals surface area contributed by atoms with Gasteiger partial charge in [0, 0.05) is 16.8 Å². The minimum atomic E-state index is -0.667. The molecule has 0 unspecified atom stereocenters. The largest absolute Gasteiger partial charge is 0.465 e. The van der Waals surface area contributed by atoms with Gasteiger partial charge in [-0.3, -0.25) is 19.0 Å². The van der Waals surface area contributed by atoms with E-state index in [9.17, 15) is 23.2 Å². The number of nitrogens with zero attached hydrogens (tertiary/aromatic N) is 1. The Morgan fingerprint density at radius 3 is 2.71 bits per heavy atom. The van der Waals surface area contributed by atoms with Gasteiger partial charge in [-0.25, -0.2) is 8.78 Å². The number of esters is 1. The molecule has 1 aliphatic rings. The Balaban J connectivity index is 2.03. The number of amides is 1. The number of thiazole rings is 1. The van der Waals surface area contributed by atoms with Crippen LogP contribution in [0.1, 0.15) is 18.1 Å². The molecule has 1 aromatic heterocycles. The van der Waals surface area contributed by atoms with E-state index in [1.54, 1.807) is 13.0 Å². The normalized spacial score (nSPS) is 15.1. The molecule has 0 spiro atoms. The second kappa shape index (κ2) is 8.27. The molecule has 0 aliphatic carbocycles. The van der Waals surface area contributed by atoms with Gasteiger partial charge in [-0.1, -0.05) is 18.2 Å². The lowest BCUT2D eigenvalue weighted by atomic mass is 10.1. The summed E-state index contributed by atoms with van der Waals surface area (Å²) in [7, 11) is 0. The van der Waals surface area contributed by atoms with Crippen LogP contribution in [0.5, 0.6) is 0 Å². The minimum Gasteiger partial charge on any atom is -0.465 e. The van der Waals surface area contributed by atoms with Crippen LogP contribution in [0.2, 0.25) is 0 Å². The van der Waals surface area contributed by atoms with E-state index < -0.39 is 35.6 Å². The van der Waals surface area contributed by atoms with Crippen LogP contribution in [0.4, 0.5) is 14.5 Å². The first-order valence-electron chi connectivity index (χ1n) is 9.36. The van der Waals surface area contributed by atoms with Gasteiger partial charge >= 0.3 is 5.97 Å². The fraction of sp³-hybridized carbons (Fsp3) is 0.136. The Kier molecular flexibility index (Phi) is 5.51. The SMILES string of the molecule is CCOC(=O)Cn1c(=O)/c(=C/c2ccccc2F)s/c1=C1/C(=O)Nc2ccc(F)cc21. The van der Waals surface area contributed by atoms with E-state index in [0.29, 0.717) is 5.69 Å². The fourth-order valence-electron chi connectivity index (χ4n) is 3.27. The number of anilines is 1. The smallest absolute Gasteiger partial charge is 0.326 e. The standard InChI is InChI=1S/C22H16F2N2O4S/c1-2-30-18(27)11-26-21(29)17(9-12-5-3-4-6-15(12)24)31-22(26)19-14-10-13(23)7-8-16(14)25-20(19)28/h3-10H,2,11H2,1H3,(H,25,28)/b17-9-,22-19+. The molecule has 0 bridgehead atoms. The van der Waals surface area contributed by atoms with Crippen molar-refractivity contribution in [3.05, 3.63) is 84.8 Å². The zero-order chi connectivity index (χ0) is 22.1. The number of fused-ring (bicyclic) bond motifs is 1. The van der Waals surface area contributed by atoms with Crippen LogP contribution in [0.3, 0.4) is 0 Å². The van der Waals surface area contributed by atoms with Crippen LogP contribution in [0.15, 0.2) is 47.3 Å². The summed E-state index contributed by atoms with van der Waals surface area (Å²) in [5.74, 6) is -2.27. The van der Waals surface area contributed by atoms with Gasteiger partial charge in [-0.05, 0) is 37.3 Å². The van der Waals surface area contributed by atoms with Gasteiger partial charge in [0.15, 0.2) is 0 Å². The maximum absolute atomic E-state index is 14.1. The third-order valence-electron chi connectivity index (χ3n) is 4.63. The van der Waals surface area contributed by atoms with Gasteiger partial charge in [0.25, 0.3) is 11.5 Å². The highest BCUT2D eigenvalue weighted by Crippen LogP contribution is 2.30. The summed E-state index contributed by atoms with van der Waals surface area (Å²) >= 11 is 0.920. The molecular weight excluding hydrogens is 426 g/mol. The maximum atomic E-state index is 14.1. The topological polar surface area (TPSA) is 77.4 Å². The molecule has 0 radical (unpaired) electrons. The summed E-state index contributed by atoms with van der Waals surface area (Å²) in [4.78, 5) is 37.9. The summed E-state index contributed by atoms with van der Waals surface area (Å²) < 4.78 is 34.3. The Morgan fingerprint density at radius 1 is 1.19 bits per heavy atom. The highest BCUT2D eigenvalue weighted by atomic mass is 32.1. The minimum absolute atomic E-state index is 0.0640. The molecule has 2 heterocycles. The van der Waals surface area contributed by atoms with Crippen molar-refractivity contribution in [1.29, 1.82) is 0 Å². The second-order valence-electron chi connectivity index (χ2n) is 6.65. The van der Waals surface area contributed by atoms with Gasteiger partial charge in [0.2, 0.25) is 0 Å². The summed E-state index contributed by atoms with van der Waals surface area (Å²) in [5, 5.41) is 2.63. The maximum Gasteiger partial charge on any atom is 0.326 e. The Morgan fingerprint density at radius 2 is 1.97 bits per heavy atom. The first kappa shape index (κ1) is 20.7. The zero-order valence-electron chi connectivity index (χ0n) is 16.3. The van der Waals surface area contributed by atoms with Gasteiger partial charge in [-0.2, -0.15) is 0 Å². The van der Waals surface area contributed by atoms with E-state index in [1.807, 2.05) is 0 Å². The lowest BCUT2D eigenvalue weighted by Gasteiger charge is -2.04. The van der Waals surface area contributed by atoms with Gasteiger partial charge in [-0.15, -0.1) is 11.3 Å². The number of ether oxygens (including phenoxy) is 1. The molecule has 1 amide bonds. The number of hydrogen-bond donors (Lipinski definition) is 1.